The van der Waals surface area contributed by atoms with Crippen LogP contribution in [0.1, 0.15) is 34.8 Å². The summed E-state index contributed by atoms with van der Waals surface area (Å²) in [5.41, 5.74) is 15.2. The van der Waals surface area contributed by atoms with E-state index in [2.05, 4.69) is 90.1 Å². The fourth-order valence-corrected chi connectivity index (χ4v) is 5.78. The Hall–Kier alpha value is -6.06. The monoisotopic (exact) mass is 586 g/mol. The van der Waals surface area contributed by atoms with Gasteiger partial charge in [0.1, 0.15) is 5.82 Å². The molecule has 6 rings (SSSR count). The average Bonchev–Trinajstić information content (AvgIpc) is 3.44. The molecule has 2 aliphatic rings. The molecule has 4 aromatic rings. The molecule has 0 bridgehead atoms. The van der Waals surface area contributed by atoms with Crippen molar-refractivity contribution in [3.8, 4) is 17.2 Å². The number of nitrogens with zero attached hydrogens (tertiary/aromatic N) is 2. The highest BCUT2D eigenvalue weighted by Gasteiger charge is 2.18. The van der Waals surface area contributed by atoms with Crippen molar-refractivity contribution in [1.82, 2.24) is 15.2 Å². The van der Waals surface area contributed by atoms with Crippen LogP contribution < -0.4 is 16.4 Å². The predicted octanol–water partition coefficient (Wildman–Crippen LogP) is 7.72. The molecule has 0 spiro atoms. The van der Waals surface area contributed by atoms with Gasteiger partial charge in [0.2, 0.25) is 0 Å². The van der Waals surface area contributed by atoms with Crippen molar-refractivity contribution in [2.45, 2.75) is 18.5 Å². The van der Waals surface area contributed by atoms with Crippen LogP contribution in [0.5, 0.6) is 0 Å². The van der Waals surface area contributed by atoms with Gasteiger partial charge in [-0.25, -0.2) is 0 Å². The lowest BCUT2D eigenvalue weighted by Gasteiger charge is -2.28. The molecule has 1 aromatic heterocycles. The molecule has 45 heavy (non-hydrogen) atoms. The number of dihydropyridines is 2. The normalized spacial score (nSPS) is 17.7. The van der Waals surface area contributed by atoms with Crippen molar-refractivity contribution in [2.24, 2.45) is 5.73 Å². The van der Waals surface area contributed by atoms with Crippen LogP contribution in [0.3, 0.4) is 0 Å². The van der Waals surface area contributed by atoms with Gasteiger partial charge in [-0.15, -0.1) is 0 Å². The molecule has 0 saturated heterocycles. The zero-order chi connectivity index (χ0) is 31.2. The maximum absolute atomic E-state index is 9.06. The number of nitrogens with one attached hydrogen (secondary N) is 3. The van der Waals surface area contributed by atoms with Crippen LogP contribution in [-0.4, -0.2) is 16.8 Å². The van der Waals surface area contributed by atoms with Crippen molar-refractivity contribution >= 4 is 29.0 Å². The van der Waals surface area contributed by atoms with Crippen molar-refractivity contribution in [2.75, 3.05) is 0 Å². The molecule has 3 heterocycles. The summed E-state index contributed by atoms with van der Waals surface area (Å²) in [5.74, 6) is 0.567. The fourth-order valence-electron chi connectivity index (χ4n) is 5.78. The zero-order valence-electron chi connectivity index (χ0n) is 24.8. The van der Waals surface area contributed by atoms with Crippen LogP contribution in [0.2, 0.25) is 0 Å². The molecule has 0 aliphatic carbocycles. The summed E-state index contributed by atoms with van der Waals surface area (Å²) in [7, 11) is 0. The number of benzene rings is 3. The smallest absolute Gasteiger partial charge is 0.108 e. The molecule has 220 valence electrons. The molecule has 2 atom stereocenters. The third kappa shape index (κ3) is 6.06. The van der Waals surface area contributed by atoms with E-state index >= 15 is 0 Å². The van der Waals surface area contributed by atoms with E-state index in [1.54, 1.807) is 6.08 Å². The van der Waals surface area contributed by atoms with Crippen LogP contribution in [0.15, 0.2) is 145 Å². The highest BCUT2D eigenvalue weighted by molar-refractivity contribution is 6.03. The Morgan fingerprint density at radius 2 is 1.62 bits per heavy atom. The number of aromatic nitrogens is 1. The van der Waals surface area contributed by atoms with E-state index in [9.17, 15) is 0 Å². The van der Waals surface area contributed by atoms with Gasteiger partial charge in [-0.05, 0) is 65.6 Å². The molecule has 5 N–H and O–H groups in total. The molecule has 2 unspecified atom stereocenters. The summed E-state index contributed by atoms with van der Waals surface area (Å²) < 4.78 is 1.94. The highest BCUT2D eigenvalue weighted by Crippen LogP contribution is 2.29. The molecular formula is C39H34N6. The first kappa shape index (κ1) is 29.0. The van der Waals surface area contributed by atoms with Crippen molar-refractivity contribution in [3.05, 3.63) is 168 Å². The Morgan fingerprint density at radius 1 is 0.933 bits per heavy atom. The second-order valence-corrected chi connectivity index (χ2v) is 10.9. The number of allylic oxidation sites excluding steroid dienone is 6. The standard InChI is InChI=1S/C39H34N6/c1-2-37-33(26-41)32-11-4-5-15-38(32)45(37)39(42)16-6-3-9-31-10-7-13-35(43-31)36-14-8-12-34(44-36)30-23-21-29(22-24-30)28-19-17-27(25-40)18-20-28/h2-8,10-24,26,31,34,41,43-44H,1,9,42H2/b6-3-,39-16+,41-26?. The Bertz CT molecular complexity index is 1970. The Kier molecular flexibility index (Phi) is 8.43. The maximum atomic E-state index is 9.06. The SMILES string of the molecule is C=Cc1c(C=N)c2ccccc2n1/C(N)=C/C=C\CC1C=CC=C(C2=CC=CC(c3ccc(-c4ccc(C#N)cc4)cc3)N2)N1. The minimum absolute atomic E-state index is 0.0541. The van der Waals surface area contributed by atoms with E-state index in [0.29, 0.717) is 11.4 Å². The summed E-state index contributed by atoms with van der Waals surface area (Å²) in [4.78, 5) is 0. The summed E-state index contributed by atoms with van der Waals surface area (Å²) >= 11 is 0. The minimum atomic E-state index is 0.0541. The third-order valence-electron chi connectivity index (χ3n) is 8.07. The van der Waals surface area contributed by atoms with Crippen LogP contribution in [0.4, 0.5) is 0 Å². The van der Waals surface area contributed by atoms with Gasteiger partial charge in [0, 0.05) is 23.2 Å². The first-order valence-corrected chi connectivity index (χ1v) is 14.9. The summed E-state index contributed by atoms with van der Waals surface area (Å²) in [6, 6.07) is 26.5. The quantitative estimate of drug-likeness (QED) is 0.119. The van der Waals surface area contributed by atoms with E-state index in [0.717, 1.165) is 51.1 Å². The van der Waals surface area contributed by atoms with Gasteiger partial charge in [0.25, 0.3) is 0 Å². The van der Waals surface area contributed by atoms with Gasteiger partial charge in [-0.1, -0.05) is 97.6 Å². The van der Waals surface area contributed by atoms with E-state index < -0.39 is 0 Å². The summed E-state index contributed by atoms with van der Waals surface area (Å²) in [5, 5.41) is 25.3. The Labute approximate surface area is 263 Å². The number of fused-ring (bicyclic) bond motifs is 1. The molecule has 0 saturated carbocycles. The van der Waals surface area contributed by atoms with Crippen LogP contribution in [0.25, 0.3) is 33.9 Å². The number of para-hydroxylation sites is 1. The van der Waals surface area contributed by atoms with Crippen LogP contribution >= 0.6 is 0 Å². The van der Waals surface area contributed by atoms with E-state index in [1.165, 1.54) is 11.8 Å². The maximum Gasteiger partial charge on any atom is 0.108 e. The van der Waals surface area contributed by atoms with E-state index in [4.69, 9.17) is 16.4 Å². The molecular weight excluding hydrogens is 552 g/mol. The minimum Gasteiger partial charge on any atom is -0.385 e. The van der Waals surface area contributed by atoms with Crippen LogP contribution in [-0.2, 0) is 0 Å². The molecule has 3 aromatic carbocycles. The van der Waals surface area contributed by atoms with Crippen LogP contribution in [0, 0.1) is 16.7 Å². The van der Waals surface area contributed by atoms with Gasteiger partial charge in [-0.3, -0.25) is 4.57 Å². The number of hydrogen-bond donors (Lipinski definition) is 4. The highest BCUT2D eigenvalue weighted by atomic mass is 15.1. The molecule has 0 radical (unpaired) electrons. The number of nitrogens with two attached hydrogens (primary N) is 1. The summed E-state index contributed by atoms with van der Waals surface area (Å²) in [6.07, 6.45) is 22.6. The number of rotatable bonds is 9. The van der Waals surface area contributed by atoms with Gasteiger partial charge in [0.15, 0.2) is 0 Å². The van der Waals surface area contributed by atoms with Crippen molar-refractivity contribution < 1.29 is 0 Å². The lowest BCUT2D eigenvalue weighted by atomic mass is 9.98. The number of hydrogen-bond acceptors (Lipinski definition) is 5. The van der Waals surface area contributed by atoms with Gasteiger partial charge < -0.3 is 21.8 Å². The third-order valence-corrected chi connectivity index (χ3v) is 8.07. The van der Waals surface area contributed by atoms with Gasteiger partial charge >= 0.3 is 0 Å². The second-order valence-electron chi connectivity index (χ2n) is 10.9. The molecule has 0 amide bonds. The zero-order valence-corrected chi connectivity index (χ0v) is 24.8. The van der Waals surface area contributed by atoms with Gasteiger partial charge in [0.05, 0.1) is 40.3 Å². The fraction of sp³-hybridized carbons (Fsp3) is 0.0769. The van der Waals surface area contributed by atoms with Crippen molar-refractivity contribution in [1.29, 1.82) is 10.7 Å². The Morgan fingerprint density at radius 3 is 2.33 bits per heavy atom. The molecule has 0 fully saturated rings. The second kappa shape index (κ2) is 13.1. The molecule has 2 aliphatic heterocycles. The molecule has 6 heteroatoms. The lowest BCUT2D eigenvalue weighted by Crippen LogP contribution is -2.33. The first-order chi connectivity index (χ1) is 22.1. The largest absolute Gasteiger partial charge is 0.385 e. The molecule has 6 nitrogen and oxygen atoms in total. The average molecular weight is 587 g/mol. The lowest BCUT2D eigenvalue weighted by molar-refractivity contribution is 0.635. The van der Waals surface area contributed by atoms with Gasteiger partial charge in [-0.2, -0.15) is 5.26 Å². The Balaban J connectivity index is 1.08. The predicted molar refractivity (Wildman–Crippen MR) is 186 cm³/mol. The van der Waals surface area contributed by atoms with E-state index in [-0.39, 0.29) is 12.1 Å². The van der Waals surface area contributed by atoms with Crippen molar-refractivity contribution in [3.63, 3.8) is 0 Å². The summed E-state index contributed by atoms with van der Waals surface area (Å²) in [6.45, 7) is 3.95. The topological polar surface area (TPSA) is 103 Å². The number of nitriles is 1. The first-order valence-electron chi connectivity index (χ1n) is 14.9. The van der Waals surface area contributed by atoms with E-state index in [1.807, 2.05) is 65.3 Å².